The highest BCUT2D eigenvalue weighted by Crippen LogP contribution is 2.55. The predicted molar refractivity (Wildman–Crippen MR) is 119 cm³/mol. The van der Waals surface area contributed by atoms with Crippen molar-refractivity contribution in [3.05, 3.63) is 59.7 Å². The summed E-state index contributed by atoms with van der Waals surface area (Å²) in [6.45, 7) is 2.69. The number of alkyl halides is 2. The summed E-state index contributed by atoms with van der Waals surface area (Å²) in [7, 11) is 0. The maximum Gasteiger partial charge on any atom is 0.407 e. The number of ether oxygens (including phenoxy) is 1. The molecule has 2 aromatic rings. The zero-order chi connectivity index (χ0) is 24.7. The van der Waals surface area contributed by atoms with Gasteiger partial charge in [0.15, 0.2) is 0 Å². The summed E-state index contributed by atoms with van der Waals surface area (Å²) >= 11 is 0. The molecule has 2 amide bonds. The fraction of sp³-hybridized carbons (Fsp3) is 0.400. The Morgan fingerprint density at radius 3 is 2.09 bits per heavy atom. The van der Waals surface area contributed by atoms with Crippen LogP contribution in [0.3, 0.4) is 0 Å². The van der Waals surface area contributed by atoms with Gasteiger partial charge in [0.2, 0.25) is 5.91 Å². The zero-order valence-electron chi connectivity index (χ0n) is 18.8. The number of benzene rings is 2. The summed E-state index contributed by atoms with van der Waals surface area (Å²) in [5.74, 6) is -8.80. The maximum atomic E-state index is 13.5. The van der Waals surface area contributed by atoms with Crippen molar-refractivity contribution in [1.29, 1.82) is 0 Å². The van der Waals surface area contributed by atoms with Gasteiger partial charge in [-0.05, 0) is 36.1 Å². The standard InChI is InChI=1S/C25H26F2N2O5/c1-24(2,22(32)28-11-19-20(21(30)31)25(19,26)27)13-29-23(33)34-12-18-16-9-5-3-7-14(16)15-8-4-6-10-17(15)18/h3-10,18-20H,11-13H2,1-2H3,(H,28,32)(H,29,33)(H,30,31). The van der Waals surface area contributed by atoms with E-state index in [1.165, 1.54) is 0 Å². The number of nitrogens with one attached hydrogen (secondary N) is 2. The number of carboxylic acids is 1. The van der Waals surface area contributed by atoms with Gasteiger partial charge in [0.1, 0.15) is 12.5 Å². The number of alkyl carbamates (subject to hydrolysis) is 1. The van der Waals surface area contributed by atoms with Gasteiger partial charge in [-0.2, -0.15) is 0 Å². The van der Waals surface area contributed by atoms with Gasteiger partial charge in [0.05, 0.1) is 11.3 Å². The van der Waals surface area contributed by atoms with Gasteiger partial charge in [0, 0.05) is 19.0 Å². The molecule has 2 aliphatic carbocycles. The topological polar surface area (TPSA) is 105 Å². The van der Waals surface area contributed by atoms with Crippen molar-refractivity contribution in [2.24, 2.45) is 17.3 Å². The van der Waals surface area contributed by atoms with Crippen molar-refractivity contribution in [2.45, 2.75) is 25.7 Å². The average Bonchev–Trinajstić information content (AvgIpc) is 3.21. The molecule has 2 atom stereocenters. The number of aliphatic carboxylic acids is 1. The van der Waals surface area contributed by atoms with E-state index >= 15 is 0 Å². The van der Waals surface area contributed by atoms with Crippen molar-refractivity contribution in [2.75, 3.05) is 19.7 Å². The molecule has 2 aromatic carbocycles. The molecule has 0 heterocycles. The fourth-order valence-corrected chi connectivity index (χ4v) is 4.45. The van der Waals surface area contributed by atoms with Gasteiger partial charge >= 0.3 is 12.1 Å². The summed E-state index contributed by atoms with van der Waals surface area (Å²) in [6.07, 6.45) is -0.692. The van der Waals surface area contributed by atoms with E-state index in [1.807, 2.05) is 48.5 Å². The Balaban J connectivity index is 1.28. The van der Waals surface area contributed by atoms with Crippen LogP contribution in [0.1, 0.15) is 30.9 Å². The molecule has 0 radical (unpaired) electrons. The minimum absolute atomic E-state index is 0.0844. The third-order valence-electron chi connectivity index (χ3n) is 6.58. The molecule has 0 saturated heterocycles. The molecule has 34 heavy (non-hydrogen) atoms. The first kappa shape index (κ1) is 23.7. The molecule has 0 aromatic heterocycles. The van der Waals surface area contributed by atoms with Gasteiger partial charge in [-0.15, -0.1) is 0 Å². The molecule has 3 N–H and O–H groups in total. The summed E-state index contributed by atoms with van der Waals surface area (Å²) in [5, 5.41) is 13.7. The van der Waals surface area contributed by atoms with Crippen molar-refractivity contribution in [1.82, 2.24) is 10.6 Å². The third kappa shape index (κ3) is 4.34. The van der Waals surface area contributed by atoms with E-state index in [4.69, 9.17) is 9.84 Å². The SMILES string of the molecule is CC(C)(CNC(=O)OCC1c2ccccc2-c2ccccc21)C(=O)NCC1C(C(=O)O)C1(F)F. The Kier molecular flexibility index (Phi) is 6.05. The molecule has 2 aliphatic rings. The van der Waals surface area contributed by atoms with Crippen LogP contribution in [0.25, 0.3) is 11.1 Å². The molecule has 0 spiro atoms. The van der Waals surface area contributed by atoms with Crippen molar-refractivity contribution in [3.63, 3.8) is 0 Å². The first-order valence-corrected chi connectivity index (χ1v) is 11.0. The predicted octanol–water partition coefficient (Wildman–Crippen LogP) is 3.63. The average molecular weight is 472 g/mol. The molecule has 1 saturated carbocycles. The number of hydrogen-bond donors (Lipinski definition) is 3. The molecular weight excluding hydrogens is 446 g/mol. The summed E-state index contributed by atoms with van der Waals surface area (Å²) in [6, 6.07) is 15.9. The van der Waals surface area contributed by atoms with Crippen molar-refractivity contribution >= 4 is 18.0 Å². The second-order valence-corrected chi connectivity index (χ2v) is 9.37. The lowest BCUT2D eigenvalue weighted by molar-refractivity contribution is -0.141. The second kappa shape index (κ2) is 8.70. The zero-order valence-corrected chi connectivity index (χ0v) is 18.8. The van der Waals surface area contributed by atoms with Crippen LogP contribution in [-0.2, 0) is 14.3 Å². The van der Waals surface area contributed by atoms with Crippen LogP contribution in [0.15, 0.2) is 48.5 Å². The Morgan fingerprint density at radius 2 is 1.56 bits per heavy atom. The van der Waals surface area contributed by atoms with E-state index in [9.17, 15) is 23.2 Å². The molecule has 0 aliphatic heterocycles. The molecule has 1 fully saturated rings. The Hall–Kier alpha value is -3.49. The van der Waals surface area contributed by atoms with E-state index < -0.39 is 47.7 Å². The number of hydrogen-bond acceptors (Lipinski definition) is 4. The fourth-order valence-electron chi connectivity index (χ4n) is 4.45. The lowest BCUT2D eigenvalue weighted by Gasteiger charge is -2.24. The van der Waals surface area contributed by atoms with Crippen molar-refractivity contribution < 1.29 is 33.0 Å². The van der Waals surface area contributed by atoms with Crippen LogP contribution >= 0.6 is 0 Å². The number of carbonyl (C=O) groups is 3. The number of amides is 2. The molecule has 9 heteroatoms. The largest absolute Gasteiger partial charge is 0.481 e. The first-order valence-electron chi connectivity index (χ1n) is 11.0. The first-order chi connectivity index (χ1) is 16.0. The highest BCUT2D eigenvalue weighted by molar-refractivity contribution is 5.83. The Labute approximate surface area is 195 Å². The van der Waals surface area contributed by atoms with Crippen LogP contribution in [0, 0.1) is 17.3 Å². The lowest BCUT2D eigenvalue weighted by Crippen LogP contribution is -2.45. The summed E-state index contributed by atoms with van der Waals surface area (Å²) in [5.41, 5.74) is 3.25. The quantitative estimate of drug-likeness (QED) is 0.544. The number of fused-ring (bicyclic) bond motifs is 3. The Bertz CT molecular complexity index is 1090. The van der Waals surface area contributed by atoms with Gasteiger partial charge in [-0.3, -0.25) is 9.59 Å². The monoisotopic (exact) mass is 472 g/mol. The highest BCUT2D eigenvalue weighted by atomic mass is 19.3. The van der Waals surface area contributed by atoms with E-state index in [1.54, 1.807) is 13.8 Å². The van der Waals surface area contributed by atoms with Crippen molar-refractivity contribution in [3.8, 4) is 11.1 Å². The minimum Gasteiger partial charge on any atom is -0.481 e. The van der Waals surface area contributed by atoms with Gasteiger partial charge in [-0.25, -0.2) is 13.6 Å². The normalized spacial score (nSPS) is 20.1. The number of carboxylic acid groups (broad SMARTS) is 1. The molecule has 2 unspecified atom stereocenters. The Morgan fingerprint density at radius 1 is 1.00 bits per heavy atom. The van der Waals surface area contributed by atoms with E-state index in [0.29, 0.717) is 0 Å². The van der Waals surface area contributed by atoms with E-state index in [2.05, 4.69) is 10.6 Å². The van der Waals surface area contributed by atoms with Gasteiger partial charge in [-0.1, -0.05) is 48.5 Å². The smallest absolute Gasteiger partial charge is 0.407 e. The number of halogens is 2. The second-order valence-electron chi connectivity index (χ2n) is 9.37. The molecule has 4 rings (SSSR count). The number of rotatable bonds is 8. The summed E-state index contributed by atoms with van der Waals surface area (Å²) in [4.78, 5) is 35.6. The minimum atomic E-state index is -3.33. The maximum absolute atomic E-state index is 13.5. The molecule has 180 valence electrons. The van der Waals surface area contributed by atoms with Crippen LogP contribution in [0.5, 0.6) is 0 Å². The number of carbonyl (C=O) groups excluding carboxylic acids is 2. The van der Waals surface area contributed by atoms with E-state index in [0.717, 1.165) is 22.3 Å². The van der Waals surface area contributed by atoms with Crippen LogP contribution in [-0.4, -0.2) is 48.7 Å². The lowest BCUT2D eigenvalue weighted by atomic mass is 9.92. The van der Waals surface area contributed by atoms with Crippen LogP contribution in [0.2, 0.25) is 0 Å². The van der Waals surface area contributed by atoms with Gasteiger partial charge < -0.3 is 20.5 Å². The summed E-state index contributed by atoms with van der Waals surface area (Å²) < 4.78 is 32.5. The third-order valence-corrected chi connectivity index (χ3v) is 6.58. The molecule has 0 bridgehead atoms. The van der Waals surface area contributed by atoms with Crippen LogP contribution < -0.4 is 10.6 Å². The van der Waals surface area contributed by atoms with Crippen LogP contribution in [0.4, 0.5) is 13.6 Å². The van der Waals surface area contributed by atoms with Gasteiger partial charge in [0.25, 0.3) is 5.92 Å². The molecule has 7 nitrogen and oxygen atoms in total. The van der Waals surface area contributed by atoms with E-state index in [-0.39, 0.29) is 19.1 Å². The highest BCUT2D eigenvalue weighted by Gasteiger charge is 2.72. The molecular formula is C25H26F2N2O5.